The monoisotopic (exact) mass is 441 g/mol. The van der Waals surface area contributed by atoms with E-state index in [2.05, 4.69) is 15.5 Å². The molecule has 1 aromatic heterocycles. The lowest BCUT2D eigenvalue weighted by molar-refractivity contribution is -0.152. The molecule has 1 aliphatic rings. The first-order valence-corrected chi connectivity index (χ1v) is 10.1. The number of alkyl halides is 1. The zero-order valence-electron chi connectivity index (χ0n) is 17.7. The van der Waals surface area contributed by atoms with E-state index in [0.29, 0.717) is 11.4 Å². The molecule has 2 N–H and O–H groups in total. The van der Waals surface area contributed by atoms with Gasteiger partial charge in [-0.1, -0.05) is 49.3 Å². The zero-order valence-corrected chi connectivity index (χ0v) is 17.7. The number of hydrogen-bond acceptors (Lipinski definition) is 6. The van der Waals surface area contributed by atoms with Crippen LogP contribution in [0.25, 0.3) is 11.1 Å². The molecule has 0 spiro atoms. The van der Waals surface area contributed by atoms with Crippen LogP contribution in [0.4, 0.5) is 4.39 Å². The van der Waals surface area contributed by atoms with Gasteiger partial charge in [-0.25, -0.2) is 4.39 Å². The number of aliphatic carboxylic acids is 1. The predicted octanol–water partition coefficient (Wildman–Crippen LogP) is 2.77. The molecule has 2 heterocycles. The van der Waals surface area contributed by atoms with Gasteiger partial charge in [0.2, 0.25) is 5.60 Å². The van der Waals surface area contributed by atoms with Gasteiger partial charge in [0.15, 0.2) is 5.78 Å². The maximum atomic E-state index is 13.1. The second kappa shape index (κ2) is 9.67. The fourth-order valence-electron chi connectivity index (χ4n) is 3.47. The normalized spacial score (nSPS) is 18.6. The molecule has 3 rings (SSSR count). The third-order valence-corrected chi connectivity index (χ3v) is 5.43. The van der Waals surface area contributed by atoms with Gasteiger partial charge in [-0.2, -0.15) is 0 Å². The molecule has 0 fully saturated rings. The maximum absolute atomic E-state index is 13.1. The minimum atomic E-state index is -1.49. The quantitative estimate of drug-likeness (QED) is 0.618. The van der Waals surface area contributed by atoms with E-state index in [-0.39, 0.29) is 12.3 Å². The number of carbonyl (C=O) groups is 3. The van der Waals surface area contributed by atoms with Gasteiger partial charge in [0, 0.05) is 18.5 Å². The minimum Gasteiger partial charge on any atom is -0.481 e. The van der Waals surface area contributed by atoms with Crippen LogP contribution in [0.5, 0.6) is 0 Å². The number of oxime groups is 1. The van der Waals surface area contributed by atoms with Gasteiger partial charge in [-0.05, 0) is 23.3 Å². The number of amides is 1. The number of pyridine rings is 1. The van der Waals surface area contributed by atoms with E-state index in [1.54, 1.807) is 20.0 Å². The lowest BCUT2D eigenvalue weighted by Crippen LogP contribution is -2.55. The van der Waals surface area contributed by atoms with E-state index < -0.39 is 42.4 Å². The van der Waals surface area contributed by atoms with Gasteiger partial charge >= 0.3 is 5.97 Å². The number of carboxylic acids is 1. The van der Waals surface area contributed by atoms with Crippen molar-refractivity contribution in [3.63, 3.8) is 0 Å². The second-order valence-electron chi connectivity index (χ2n) is 7.87. The van der Waals surface area contributed by atoms with Gasteiger partial charge in [0.25, 0.3) is 5.91 Å². The van der Waals surface area contributed by atoms with E-state index in [1.165, 1.54) is 0 Å². The summed E-state index contributed by atoms with van der Waals surface area (Å²) in [5.74, 6) is -3.46. The summed E-state index contributed by atoms with van der Waals surface area (Å²) in [5.41, 5.74) is 1.40. The highest BCUT2D eigenvalue weighted by atomic mass is 19.1. The predicted molar refractivity (Wildman–Crippen MR) is 115 cm³/mol. The van der Waals surface area contributed by atoms with Crippen molar-refractivity contribution in [3.8, 4) is 11.1 Å². The van der Waals surface area contributed by atoms with Gasteiger partial charge in [0.1, 0.15) is 18.4 Å². The van der Waals surface area contributed by atoms with Gasteiger partial charge in [0.05, 0.1) is 12.1 Å². The second-order valence-corrected chi connectivity index (χ2v) is 7.87. The van der Waals surface area contributed by atoms with Crippen LogP contribution in [0, 0.1) is 5.92 Å². The number of carbonyl (C=O) groups excluding carboxylic acids is 2. The maximum Gasteiger partial charge on any atom is 0.305 e. The Balaban J connectivity index is 1.83. The number of nitrogens with zero attached hydrogens (tertiary/aromatic N) is 2. The van der Waals surface area contributed by atoms with Crippen LogP contribution in [0.3, 0.4) is 0 Å². The molecule has 0 saturated heterocycles. The number of Topliss-reactive ketones (excluding diaryl/α,β-unsaturated/α-hetero) is 1. The molecule has 0 radical (unpaired) electrons. The van der Waals surface area contributed by atoms with Crippen molar-refractivity contribution in [1.82, 2.24) is 10.3 Å². The van der Waals surface area contributed by atoms with Crippen LogP contribution in [0.1, 0.15) is 32.4 Å². The zero-order chi connectivity index (χ0) is 23.3. The van der Waals surface area contributed by atoms with Crippen molar-refractivity contribution in [1.29, 1.82) is 0 Å². The van der Waals surface area contributed by atoms with Gasteiger partial charge in [-0.15, -0.1) is 0 Å². The highest BCUT2D eigenvalue weighted by Crippen LogP contribution is 2.34. The molecule has 1 aromatic carbocycles. The highest BCUT2D eigenvalue weighted by molar-refractivity contribution is 6.05. The van der Waals surface area contributed by atoms with Crippen LogP contribution in [0.15, 0.2) is 53.8 Å². The molecule has 1 aliphatic heterocycles. The Hall–Kier alpha value is -3.62. The number of hydrogen-bond donors (Lipinski definition) is 2. The molecule has 8 nitrogen and oxygen atoms in total. The van der Waals surface area contributed by atoms with E-state index >= 15 is 0 Å². The van der Waals surface area contributed by atoms with Crippen LogP contribution >= 0.6 is 0 Å². The Labute approximate surface area is 184 Å². The molecular formula is C23H24FN3O5. The highest BCUT2D eigenvalue weighted by Gasteiger charge is 2.50. The van der Waals surface area contributed by atoms with Crippen LogP contribution < -0.4 is 5.32 Å². The van der Waals surface area contributed by atoms with Gasteiger partial charge in [-0.3, -0.25) is 19.4 Å². The number of aromatic nitrogens is 1. The average Bonchev–Trinajstić information content (AvgIpc) is 3.25. The summed E-state index contributed by atoms with van der Waals surface area (Å²) in [6, 6.07) is 11.9. The van der Waals surface area contributed by atoms with Crippen molar-refractivity contribution in [2.24, 2.45) is 11.1 Å². The Bertz CT molecular complexity index is 1040. The Morgan fingerprint density at radius 2 is 1.91 bits per heavy atom. The van der Waals surface area contributed by atoms with Crippen molar-refractivity contribution in [3.05, 3.63) is 54.4 Å². The topological polar surface area (TPSA) is 118 Å². The summed E-state index contributed by atoms with van der Waals surface area (Å²) < 4.78 is 12.9. The molecule has 32 heavy (non-hydrogen) atoms. The molecule has 9 heteroatoms. The summed E-state index contributed by atoms with van der Waals surface area (Å²) in [5, 5.41) is 15.4. The fourth-order valence-corrected chi connectivity index (χ4v) is 3.47. The van der Waals surface area contributed by atoms with Crippen molar-refractivity contribution in [2.45, 2.75) is 38.3 Å². The summed E-state index contributed by atoms with van der Waals surface area (Å²) in [6.45, 7) is 2.11. The number of nitrogens with one attached hydrogen (secondary N) is 1. The molecule has 2 aromatic rings. The number of benzene rings is 1. The van der Waals surface area contributed by atoms with Crippen molar-refractivity contribution >= 4 is 23.4 Å². The first kappa shape index (κ1) is 23.1. The van der Waals surface area contributed by atoms with E-state index in [0.717, 1.165) is 11.1 Å². The van der Waals surface area contributed by atoms with Crippen LogP contribution in [0.2, 0.25) is 0 Å². The Morgan fingerprint density at radius 3 is 2.53 bits per heavy atom. The third-order valence-electron chi connectivity index (χ3n) is 5.43. The molecule has 2 atom stereocenters. The molecule has 1 amide bonds. The molecule has 168 valence electrons. The summed E-state index contributed by atoms with van der Waals surface area (Å²) in [7, 11) is 0. The largest absolute Gasteiger partial charge is 0.481 e. The minimum absolute atomic E-state index is 0.0609. The average molecular weight is 441 g/mol. The SMILES string of the molecule is CC(C)C1(C(=O)NC(CC(=O)O)C(=O)CF)CC(c2cc(-c3ccccc3)ccn2)=NO1. The van der Waals surface area contributed by atoms with Gasteiger partial charge < -0.3 is 15.3 Å². The molecule has 0 saturated carbocycles. The number of rotatable bonds is 9. The lowest BCUT2D eigenvalue weighted by Gasteiger charge is -2.30. The van der Waals surface area contributed by atoms with E-state index in [4.69, 9.17) is 9.94 Å². The summed E-state index contributed by atoms with van der Waals surface area (Å²) in [4.78, 5) is 45.9. The lowest BCUT2D eigenvalue weighted by atomic mass is 9.83. The number of carboxylic acid groups (broad SMARTS) is 1. The van der Waals surface area contributed by atoms with Crippen LogP contribution in [-0.2, 0) is 19.2 Å². The number of ketones is 1. The third kappa shape index (κ3) is 4.82. The molecule has 2 unspecified atom stereocenters. The molecular weight excluding hydrogens is 417 g/mol. The van der Waals surface area contributed by atoms with E-state index in [9.17, 15) is 18.8 Å². The molecule has 0 aliphatic carbocycles. The fraction of sp³-hybridized carbons (Fsp3) is 0.348. The Morgan fingerprint density at radius 1 is 1.19 bits per heavy atom. The van der Waals surface area contributed by atoms with Crippen molar-refractivity contribution in [2.75, 3.05) is 6.67 Å². The van der Waals surface area contributed by atoms with Crippen molar-refractivity contribution < 1.29 is 28.7 Å². The smallest absolute Gasteiger partial charge is 0.305 e. The molecule has 0 bridgehead atoms. The van der Waals surface area contributed by atoms with Crippen LogP contribution in [-0.4, -0.2) is 51.8 Å². The Kier molecular flexibility index (Phi) is 6.97. The summed E-state index contributed by atoms with van der Waals surface area (Å²) >= 11 is 0. The van der Waals surface area contributed by atoms with E-state index in [1.807, 2.05) is 42.5 Å². The summed E-state index contributed by atoms with van der Waals surface area (Å²) in [6.07, 6.45) is 0.973. The number of halogens is 1. The first-order valence-electron chi connectivity index (χ1n) is 10.1. The first-order chi connectivity index (χ1) is 15.3. The standard InChI is InChI=1S/C23H24FN3O5/c1-14(2)23(22(31)26-18(11-21(29)30)20(28)13-24)12-19(27-32-23)17-10-16(8-9-25-17)15-6-4-3-5-7-15/h3-10,14,18H,11-13H2,1-2H3,(H,26,31)(H,29,30).